The van der Waals surface area contributed by atoms with Gasteiger partial charge in [-0.05, 0) is 49.4 Å². The highest BCUT2D eigenvalue weighted by Gasteiger charge is 2.57. The van der Waals surface area contributed by atoms with Crippen LogP contribution in [0.25, 0.3) is 0 Å². The molecule has 2 aromatic rings. The molecule has 0 N–H and O–H groups in total. The van der Waals surface area contributed by atoms with Gasteiger partial charge in [-0.1, -0.05) is 30.3 Å². The van der Waals surface area contributed by atoms with Gasteiger partial charge in [0.15, 0.2) is 5.60 Å². The summed E-state index contributed by atoms with van der Waals surface area (Å²) in [7, 11) is 0. The number of carbonyl (C=O) groups excluding carboxylic acids is 3. The van der Waals surface area contributed by atoms with Gasteiger partial charge in [-0.3, -0.25) is 9.59 Å². The normalized spacial score (nSPS) is 26.1. The van der Waals surface area contributed by atoms with Crippen LogP contribution in [0.1, 0.15) is 53.6 Å². The fraction of sp³-hybridized carbons (Fsp3) is 0.516. The Hall–Kier alpha value is -3.39. The van der Waals surface area contributed by atoms with Crippen LogP contribution in [0.3, 0.4) is 0 Å². The first-order chi connectivity index (χ1) is 19.0. The number of fused-ring (bicyclic) bond motifs is 2. The second-order valence-electron chi connectivity index (χ2n) is 11.7. The Balaban J connectivity index is 0.995. The number of rotatable bonds is 4. The molecule has 0 aromatic heterocycles. The maximum absolute atomic E-state index is 13.8. The fourth-order valence-electron chi connectivity index (χ4n) is 7.04. The van der Waals surface area contributed by atoms with Gasteiger partial charge in [0, 0.05) is 69.5 Å². The Labute approximate surface area is 228 Å². The van der Waals surface area contributed by atoms with Crippen molar-refractivity contribution in [2.24, 2.45) is 5.92 Å². The number of benzene rings is 2. The van der Waals surface area contributed by atoms with Crippen molar-refractivity contribution in [3.8, 4) is 0 Å². The highest BCUT2D eigenvalue weighted by molar-refractivity contribution is 5.96. The predicted molar refractivity (Wildman–Crippen MR) is 144 cm³/mol. The molecule has 5 aliphatic rings. The van der Waals surface area contributed by atoms with E-state index in [9.17, 15) is 14.4 Å². The van der Waals surface area contributed by atoms with Gasteiger partial charge in [-0.15, -0.1) is 0 Å². The number of ether oxygens (including phenoxy) is 2. The molecular formula is C31H35N3O5. The number of anilines is 1. The number of amides is 2. The molecule has 1 aliphatic carbocycles. The van der Waals surface area contributed by atoms with Crippen molar-refractivity contribution in [1.82, 2.24) is 9.80 Å². The number of likely N-dealkylation sites (tertiary alicyclic amines) is 1. The minimum absolute atomic E-state index is 0.109. The summed E-state index contributed by atoms with van der Waals surface area (Å²) < 4.78 is 11.3. The van der Waals surface area contributed by atoms with Crippen molar-refractivity contribution >= 4 is 23.5 Å². The topological polar surface area (TPSA) is 79.4 Å². The highest BCUT2D eigenvalue weighted by Crippen LogP contribution is 2.52. The molecule has 4 heterocycles. The van der Waals surface area contributed by atoms with Crippen molar-refractivity contribution in [1.29, 1.82) is 0 Å². The largest absolute Gasteiger partial charge is 0.449 e. The van der Waals surface area contributed by atoms with E-state index in [1.165, 1.54) is 0 Å². The number of hydrogen-bond donors (Lipinski definition) is 0. The molecule has 8 heteroatoms. The Bertz CT molecular complexity index is 1290. The summed E-state index contributed by atoms with van der Waals surface area (Å²) in [5.74, 6) is 0.248. The lowest BCUT2D eigenvalue weighted by Crippen LogP contribution is -2.51. The van der Waals surface area contributed by atoms with Crippen LogP contribution in [-0.2, 0) is 30.1 Å². The summed E-state index contributed by atoms with van der Waals surface area (Å²) in [6.45, 7) is 5.50. The van der Waals surface area contributed by atoms with Gasteiger partial charge in [0.05, 0.1) is 17.5 Å². The molecule has 1 unspecified atom stereocenters. The molecular weight excluding hydrogens is 494 g/mol. The summed E-state index contributed by atoms with van der Waals surface area (Å²) in [6, 6.07) is 16.0. The van der Waals surface area contributed by atoms with Gasteiger partial charge in [0.2, 0.25) is 11.8 Å². The highest BCUT2D eigenvalue weighted by atomic mass is 16.6. The molecule has 1 spiro atoms. The van der Waals surface area contributed by atoms with E-state index in [-0.39, 0.29) is 23.7 Å². The lowest BCUT2D eigenvalue weighted by Gasteiger charge is -2.38. The summed E-state index contributed by atoms with van der Waals surface area (Å²) >= 11 is 0. The summed E-state index contributed by atoms with van der Waals surface area (Å²) in [5.41, 5.74) is 2.55. The lowest BCUT2D eigenvalue weighted by molar-refractivity contribution is -0.138. The van der Waals surface area contributed by atoms with Crippen LogP contribution in [0.2, 0.25) is 0 Å². The fourth-order valence-corrected chi connectivity index (χ4v) is 7.04. The maximum atomic E-state index is 13.8. The van der Waals surface area contributed by atoms with Crippen molar-refractivity contribution < 1.29 is 23.9 Å². The van der Waals surface area contributed by atoms with Gasteiger partial charge in [0.1, 0.15) is 0 Å². The van der Waals surface area contributed by atoms with Crippen LogP contribution in [0, 0.1) is 5.92 Å². The monoisotopic (exact) mass is 529 g/mol. The molecule has 2 amide bonds. The molecule has 4 aliphatic heterocycles. The summed E-state index contributed by atoms with van der Waals surface area (Å²) in [4.78, 5) is 45.4. The van der Waals surface area contributed by atoms with E-state index in [4.69, 9.17) is 9.47 Å². The van der Waals surface area contributed by atoms with Crippen molar-refractivity contribution in [3.63, 3.8) is 0 Å². The van der Waals surface area contributed by atoms with E-state index in [1.807, 2.05) is 34.1 Å². The minimum Gasteiger partial charge on any atom is -0.449 e. The average Bonchev–Trinajstić information content (AvgIpc) is 3.63. The Morgan fingerprint density at radius 2 is 1.54 bits per heavy atom. The van der Waals surface area contributed by atoms with E-state index in [2.05, 4.69) is 29.2 Å². The number of esters is 1. The smallest absolute Gasteiger partial charge is 0.339 e. The lowest BCUT2D eigenvalue weighted by atomic mass is 9.91. The van der Waals surface area contributed by atoms with Crippen LogP contribution in [0.5, 0.6) is 0 Å². The average molecular weight is 530 g/mol. The quantitative estimate of drug-likeness (QED) is 0.567. The number of piperazine rings is 1. The first-order valence-corrected chi connectivity index (χ1v) is 14.3. The molecule has 204 valence electrons. The summed E-state index contributed by atoms with van der Waals surface area (Å²) in [6.07, 6.45) is 3.99. The van der Waals surface area contributed by atoms with Gasteiger partial charge in [-0.2, -0.15) is 0 Å². The molecule has 7 rings (SSSR count). The van der Waals surface area contributed by atoms with Crippen molar-refractivity contribution in [3.05, 3.63) is 65.2 Å². The molecule has 8 nitrogen and oxygen atoms in total. The van der Waals surface area contributed by atoms with E-state index in [1.54, 1.807) is 0 Å². The second-order valence-corrected chi connectivity index (χ2v) is 11.7. The van der Waals surface area contributed by atoms with Gasteiger partial charge >= 0.3 is 5.97 Å². The SMILES string of the molecule is O=C1OC2(CCN(C(=O)C3(c4ccc(N5CCN(C(=O)C6CCOCC6)CC5)cc4)CC3)C2)c2ccccc21. The van der Waals surface area contributed by atoms with Crippen LogP contribution in [0.4, 0.5) is 5.69 Å². The van der Waals surface area contributed by atoms with Crippen LogP contribution in [0.15, 0.2) is 48.5 Å². The molecule has 0 bridgehead atoms. The molecule has 4 fully saturated rings. The molecule has 2 aromatic carbocycles. The molecule has 1 saturated carbocycles. The van der Waals surface area contributed by atoms with E-state index < -0.39 is 11.0 Å². The second kappa shape index (κ2) is 9.37. The van der Waals surface area contributed by atoms with Crippen molar-refractivity contribution in [2.75, 3.05) is 57.4 Å². The van der Waals surface area contributed by atoms with E-state index in [0.717, 1.165) is 68.7 Å². The third kappa shape index (κ3) is 4.11. The molecule has 0 radical (unpaired) electrons. The molecule has 39 heavy (non-hydrogen) atoms. The van der Waals surface area contributed by atoms with E-state index >= 15 is 0 Å². The molecule has 1 atom stereocenters. The summed E-state index contributed by atoms with van der Waals surface area (Å²) in [5, 5.41) is 0. The van der Waals surface area contributed by atoms with Gasteiger partial charge in [0.25, 0.3) is 0 Å². The zero-order valence-electron chi connectivity index (χ0n) is 22.3. The van der Waals surface area contributed by atoms with Crippen LogP contribution >= 0.6 is 0 Å². The number of nitrogens with zero attached hydrogens (tertiary/aromatic N) is 3. The third-order valence-corrected chi connectivity index (χ3v) is 9.55. The maximum Gasteiger partial charge on any atom is 0.339 e. The van der Waals surface area contributed by atoms with Gasteiger partial charge in [-0.25, -0.2) is 4.79 Å². The first-order valence-electron chi connectivity index (χ1n) is 14.3. The number of carbonyl (C=O) groups is 3. The molecule has 3 saturated heterocycles. The van der Waals surface area contributed by atoms with Crippen LogP contribution < -0.4 is 4.90 Å². The van der Waals surface area contributed by atoms with Gasteiger partial charge < -0.3 is 24.2 Å². The Morgan fingerprint density at radius 1 is 0.821 bits per heavy atom. The predicted octanol–water partition coefficient (Wildman–Crippen LogP) is 3.09. The first kappa shape index (κ1) is 24.6. The Morgan fingerprint density at radius 3 is 2.26 bits per heavy atom. The Kier molecular flexibility index (Phi) is 5.92. The zero-order chi connectivity index (χ0) is 26.6. The minimum atomic E-state index is -0.711. The number of hydrogen-bond acceptors (Lipinski definition) is 6. The standard InChI is InChI=1S/C31H35N3O5/c35-27(22-9-19-38-20-10-22)33-17-15-32(16-18-33)24-7-5-23(6-8-24)30(11-12-30)29(37)34-14-13-31(21-34)26-4-2-1-3-25(26)28(36)39-31/h1-8,22H,9-21H2. The van der Waals surface area contributed by atoms with Crippen LogP contribution in [-0.4, -0.2) is 80.1 Å². The zero-order valence-corrected chi connectivity index (χ0v) is 22.3. The van der Waals surface area contributed by atoms with Crippen molar-refractivity contribution in [2.45, 2.75) is 43.1 Å². The van der Waals surface area contributed by atoms with E-state index in [0.29, 0.717) is 38.3 Å². The third-order valence-electron chi connectivity index (χ3n) is 9.55.